The van der Waals surface area contributed by atoms with Gasteiger partial charge in [0.1, 0.15) is 6.61 Å². The Bertz CT molecular complexity index is 1060. The molecule has 0 aliphatic rings. The third-order valence-corrected chi connectivity index (χ3v) is 4.06. The van der Waals surface area contributed by atoms with E-state index in [0.29, 0.717) is 24.3 Å². The molecule has 0 aliphatic carbocycles. The van der Waals surface area contributed by atoms with Gasteiger partial charge < -0.3 is 10.5 Å². The Kier molecular flexibility index (Phi) is 5.04. The lowest BCUT2D eigenvalue weighted by Gasteiger charge is -2.07. The molecule has 0 spiro atoms. The highest BCUT2D eigenvalue weighted by atomic mass is 16.5. The van der Waals surface area contributed by atoms with Crippen LogP contribution in [0.15, 0.2) is 46.0 Å². The molecule has 0 saturated carbocycles. The Morgan fingerprint density at radius 3 is 2.58 bits per heavy atom. The van der Waals surface area contributed by atoms with E-state index >= 15 is 0 Å². The summed E-state index contributed by atoms with van der Waals surface area (Å²) in [6, 6.07) is 10.1. The van der Waals surface area contributed by atoms with Crippen molar-refractivity contribution in [3.05, 3.63) is 62.8 Å². The maximum absolute atomic E-state index is 12.6. The third kappa shape index (κ3) is 3.18. The molecule has 2 N–H and O–H groups in total. The van der Waals surface area contributed by atoms with E-state index in [9.17, 15) is 9.59 Å². The first-order valence-corrected chi connectivity index (χ1v) is 8.25. The molecule has 0 bridgehead atoms. The van der Waals surface area contributed by atoms with Gasteiger partial charge in [-0.25, -0.2) is 4.79 Å². The number of nitrogens with two attached hydrogens (primary N) is 1. The van der Waals surface area contributed by atoms with Gasteiger partial charge in [0, 0.05) is 27.2 Å². The molecule has 2 aromatic heterocycles. The first-order chi connectivity index (χ1) is 12.5. The van der Waals surface area contributed by atoms with Gasteiger partial charge in [-0.3, -0.25) is 18.5 Å². The molecule has 26 heavy (non-hydrogen) atoms. The Morgan fingerprint density at radius 2 is 1.88 bits per heavy atom. The molecular weight excluding hydrogens is 334 g/mol. The normalized spacial score (nSPS) is 11.5. The van der Waals surface area contributed by atoms with Crippen LogP contribution < -0.4 is 21.7 Å². The van der Waals surface area contributed by atoms with Crippen LogP contribution in [0.5, 0.6) is 6.01 Å². The Labute approximate surface area is 149 Å². The Hall–Kier alpha value is -3.13. The van der Waals surface area contributed by atoms with E-state index in [-0.39, 0.29) is 12.6 Å². The molecule has 3 rings (SSSR count). The molecule has 0 fully saturated rings. The predicted octanol–water partition coefficient (Wildman–Crippen LogP) is 0.485. The van der Waals surface area contributed by atoms with Crippen LogP contribution in [0.4, 0.5) is 0 Å². The van der Waals surface area contributed by atoms with Crippen LogP contribution >= 0.6 is 0 Å². The van der Waals surface area contributed by atoms with Crippen LogP contribution in [0.3, 0.4) is 0 Å². The summed E-state index contributed by atoms with van der Waals surface area (Å²) in [7, 11) is 3.02. The van der Waals surface area contributed by atoms with Gasteiger partial charge in [-0.2, -0.15) is 4.98 Å². The van der Waals surface area contributed by atoms with Gasteiger partial charge >= 0.3 is 5.69 Å². The number of rotatable bonds is 6. The van der Waals surface area contributed by atoms with Gasteiger partial charge in [0.15, 0.2) is 11.2 Å². The number of ether oxygens (including phenoxy) is 1. The van der Waals surface area contributed by atoms with Crippen molar-refractivity contribution in [1.29, 1.82) is 0 Å². The fourth-order valence-electron chi connectivity index (χ4n) is 2.71. The Morgan fingerprint density at radius 1 is 1.15 bits per heavy atom. The topological polar surface area (TPSA) is 97.1 Å². The fourth-order valence-corrected chi connectivity index (χ4v) is 2.71. The zero-order chi connectivity index (χ0) is 18.7. The maximum Gasteiger partial charge on any atom is 0.332 e. The molecule has 0 saturated heterocycles. The van der Waals surface area contributed by atoms with Crippen molar-refractivity contribution >= 4 is 17.2 Å². The minimum absolute atomic E-state index is 0.264. The first kappa shape index (κ1) is 17.7. The molecular formula is C18H21N5O3. The zero-order valence-electron chi connectivity index (χ0n) is 14.8. The highest BCUT2D eigenvalue weighted by Gasteiger charge is 2.19. The van der Waals surface area contributed by atoms with E-state index in [1.807, 2.05) is 42.5 Å². The fraction of sp³-hybridized carbons (Fsp3) is 0.278. The minimum Gasteiger partial charge on any atom is -0.463 e. The van der Waals surface area contributed by atoms with Crippen molar-refractivity contribution in [2.24, 2.45) is 19.8 Å². The second-order valence-electron chi connectivity index (χ2n) is 5.83. The van der Waals surface area contributed by atoms with Gasteiger partial charge in [0.25, 0.3) is 11.6 Å². The molecule has 0 radical (unpaired) electrons. The number of fused-ring (bicyclic) bond motifs is 1. The number of allylic oxidation sites excluding steroid dienone is 1. The van der Waals surface area contributed by atoms with Gasteiger partial charge in [-0.1, -0.05) is 42.5 Å². The molecule has 8 nitrogen and oxygen atoms in total. The van der Waals surface area contributed by atoms with E-state index in [4.69, 9.17) is 10.5 Å². The molecule has 1 aromatic carbocycles. The molecule has 0 amide bonds. The number of hydrogen-bond donors (Lipinski definition) is 1. The molecule has 3 aromatic rings. The molecule has 0 aliphatic heterocycles. The van der Waals surface area contributed by atoms with Crippen molar-refractivity contribution in [2.45, 2.75) is 6.54 Å². The summed E-state index contributed by atoms with van der Waals surface area (Å²) < 4.78 is 9.65. The summed E-state index contributed by atoms with van der Waals surface area (Å²) in [5, 5.41) is 0. The maximum atomic E-state index is 12.6. The van der Waals surface area contributed by atoms with Gasteiger partial charge in [0.2, 0.25) is 0 Å². The summed E-state index contributed by atoms with van der Waals surface area (Å²) in [6.45, 7) is 0.957. The minimum atomic E-state index is -0.433. The van der Waals surface area contributed by atoms with Crippen LogP contribution in [0.25, 0.3) is 17.2 Å². The molecule has 136 valence electrons. The lowest BCUT2D eigenvalue weighted by Crippen LogP contribution is -2.37. The second-order valence-corrected chi connectivity index (χ2v) is 5.83. The molecule has 8 heteroatoms. The summed E-state index contributed by atoms with van der Waals surface area (Å²) in [5.41, 5.74) is 6.32. The standard InChI is InChI=1S/C18H21N5O3/c1-21-15-14(16(24)22(2)18(21)25)23(17(20-15)26-12-10-19)11-6-9-13-7-4-3-5-8-13/h3-9H,10-12,19H2,1-2H3/b9-6+. The summed E-state index contributed by atoms with van der Waals surface area (Å²) in [5.74, 6) is 0. The zero-order valence-corrected chi connectivity index (χ0v) is 14.8. The Balaban J connectivity index is 2.10. The first-order valence-electron chi connectivity index (χ1n) is 8.25. The van der Waals surface area contributed by atoms with E-state index in [1.54, 1.807) is 11.6 Å². The summed E-state index contributed by atoms with van der Waals surface area (Å²) in [4.78, 5) is 29.1. The van der Waals surface area contributed by atoms with E-state index in [0.717, 1.165) is 10.1 Å². The molecule has 0 unspecified atom stereocenters. The van der Waals surface area contributed by atoms with E-state index in [1.165, 1.54) is 11.6 Å². The monoisotopic (exact) mass is 355 g/mol. The lowest BCUT2D eigenvalue weighted by molar-refractivity contribution is 0.291. The SMILES string of the molecule is Cn1c(=O)c2c(nc(OCCN)n2C/C=C/c2ccccc2)n(C)c1=O. The average molecular weight is 355 g/mol. The smallest absolute Gasteiger partial charge is 0.332 e. The van der Waals surface area contributed by atoms with Gasteiger partial charge in [-0.15, -0.1) is 0 Å². The van der Waals surface area contributed by atoms with Crippen LogP contribution in [-0.4, -0.2) is 31.8 Å². The van der Waals surface area contributed by atoms with Crippen LogP contribution in [0.1, 0.15) is 5.56 Å². The number of benzene rings is 1. The van der Waals surface area contributed by atoms with Crippen molar-refractivity contribution in [3.63, 3.8) is 0 Å². The number of aryl methyl sites for hydroxylation is 1. The number of nitrogens with zero attached hydrogens (tertiary/aromatic N) is 4. The quantitative estimate of drug-likeness (QED) is 0.694. The number of imidazole rings is 1. The largest absolute Gasteiger partial charge is 0.463 e. The number of hydrogen-bond acceptors (Lipinski definition) is 5. The summed E-state index contributed by atoms with van der Waals surface area (Å²) in [6.07, 6.45) is 3.86. The second kappa shape index (κ2) is 7.40. The highest BCUT2D eigenvalue weighted by Crippen LogP contribution is 2.18. The van der Waals surface area contributed by atoms with Crippen molar-refractivity contribution in [2.75, 3.05) is 13.2 Å². The highest BCUT2D eigenvalue weighted by molar-refractivity contribution is 5.72. The summed E-state index contributed by atoms with van der Waals surface area (Å²) >= 11 is 0. The van der Waals surface area contributed by atoms with E-state index < -0.39 is 11.2 Å². The predicted molar refractivity (Wildman–Crippen MR) is 100 cm³/mol. The lowest BCUT2D eigenvalue weighted by atomic mass is 10.2. The van der Waals surface area contributed by atoms with Gasteiger partial charge in [-0.05, 0) is 5.56 Å². The van der Waals surface area contributed by atoms with Crippen molar-refractivity contribution in [3.8, 4) is 6.01 Å². The number of aromatic nitrogens is 4. The third-order valence-electron chi connectivity index (χ3n) is 4.06. The van der Waals surface area contributed by atoms with Crippen LogP contribution in [0, 0.1) is 0 Å². The van der Waals surface area contributed by atoms with Crippen LogP contribution in [0.2, 0.25) is 0 Å². The van der Waals surface area contributed by atoms with Crippen LogP contribution in [-0.2, 0) is 20.6 Å². The van der Waals surface area contributed by atoms with E-state index in [2.05, 4.69) is 4.98 Å². The van der Waals surface area contributed by atoms with Gasteiger partial charge in [0.05, 0.1) is 0 Å². The van der Waals surface area contributed by atoms with Crippen molar-refractivity contribution in [1.82, 2.24) is 18.7 Å². The van der Waals surface area contributed by atoms with Crippen molar-refractivity contribution < 1.29 is 4.74 Å². The molecule has 0 atom stereocenters. The average Bonchev–Trinajstić information content (AvgIpc) is 3.02. The molecule has 2 heterocycles.